The molecule has 210 valence electrons. The van der Waals surface area contributed by atoms with Crippen molar-refractivity contribution in [3.8, 4) is 5.75 Å². The average Bonchev–Trinajstić information content (AvgIpc) is 3.64. The normalized spacial score (nSPS) is 21.3. The fourth-order valence-corrected chi connectivity index (χ4v) is 6.23. The molecule has 2 N–H and O–H groups in total. The van der Waals surface area contributed by atoms with E-state index in [0.717, 1.165) is 37.8 Å². The van der Waals surface area contributed by atoms with Crippen molar-refractivity contribution in [2.24, 2.45) is 5.41 Å². The third-order valence-electron chi connectivity index (χ3n) is 7.32. The zero-order valence-electron chi connectivity index (χ0n) is 21.1. The van der Waals surface area contributed by atoms with Crippen LogP contribution in [0.5, 0.6) is 5.75 Å². The van der Waals surface area contributed by atoms with Crippen LogP contribution in [0.25, 0.3) is 0 Å². The van der Waals surface area contributed by atoms with E-state index in [9.17, 15) is 26.0 Å². The summed E-state index contributed by atoms with van der Waals surface area (Å²) in [6.07, 6.45) is 0.965. The predicted octanol–water partition coefficient (Wildman–Crippen LogP) is 6.07. The standard InChI is InChI=1S/C25H31ClF4N4O3S/c1-34(2)21-6-4-3-5-19(21)32-20-14-18(27)22(13-17(20)26)38(35,36)33-23-8-7-16(15-31-23)37-12-11-24(9-10-24)25(28,29)30/h7-8,13-15,19,21,32H,3-6,9-12H2,1-2H3,(H,31,33)/t19-,21-/m0/s1. The van der Waals surface area contributed by atoms with Gasteiger partial charge in [0.25, 0.3) is 10.0 Å². The molecule has 0 bridgehead atoms. The van der Waals surface area contributed by atoms with Gasteiger partial charge in [-0.3, -0.25) is 4.72 Å². The monoisotopic (exact) mass is 578 g/mol. The van der Waals surface area contributed by atoms with E-state index in [2.05, 4.69) is 19.9 Å². The second kappa shape index (κ2) is 11.1. The first-order valence-corrected chi connectivity index (χ1v) is 14.3. The first kappa shape index (κ1) is 28.7. The summed E-state index contributed by atoms with van der Waals surface area (Å²) in [5.41, 5.74) is -1.35. The van der Waals surface area contributed by atoms with Gasteiger partial charge in [-0.25, -0.2) is 17.8 Å². The minimum atomic E-state index is -4.37. The molecule has 0 unspecified atom stereocenters. The smallest absolute Gasteiger partial charge is 0.394 e. The van der Waals surface area contributed by atoms with Gasteiger partial charge in [0.1, 0.15) is 22.3 Å². The van der Waals surface area contributed by atoms with E-state index in [1.807, 2.05) is 14.1 Å². The van der Waals surface area contributed by atoms with Gasteiger partial charge in [0.15, 0.2) is 0 Å². The maximum absolute atomic E-state index is 15.0. The van der Waals surface area contributed by atoms with Crippen LogP contribution in [0.4, 0.5) is 29.1 Å². The topological polar surface area (TPSA) is 83.6 Å². The highest BCUT2D eigenvalue weighted by Gasteiger charge is 2.62. The Balaban J connectivity index is 1.39. The Bertz CT molecular complexity index is 1240. The maximum atomic E-state index is 15.0. The van der Waals surface area contributed by atoms with E-state index in [4.69, 9.17) is 16.3 Å². The summed E-state index contributed by atoms with van der Waals surface area (Å²) < 4.78 is 87.3. The van der Waals surface area contributed by atoms with E-state index < -0.39 is 32.3 Å². The third-order valence-corrected chi connectivity index (χ3v) is 9.01. The number of hydrogen-bond donors (Lipinski definition) is 2. The molecule has 2 saturated carbocycles. The van der Waals surface area contributed by atoms with E-state index in [0.29, 0.717) is 5.69 Å². The van der Waals surface area contributed by atoms with Crippen molar-refractivity contribution in [2.75, 3.05) is 30.7 Å². The summed E-state index contributed by atoms with van der Waals surface area (Å²) in [5.74, 6) is -0.894. The Morgan fingerprint density at radius 1 is 1.18 bits per heavy atom. The number of halogens is 5. The molecule has 0 radical (unpaired) electrons. The van der Waals surface area contributed by atoms with Crippen LogP contribution in [-0.2, 0) is 10.0 Å². The summed E-state index contributed by atoms with van der Waals surface area (Å²) in [6, 6.07) is 5.08. The number of alkyl halides is 3. The Hall–Kier alpha value is -2.31. The molecule has 1 aromatic heterocycles. The van der Waals surface area contributed by atoms with Gasteiger partial charge >= 0.3 is 6.18 Å². The van der Waals surface area contributed by atoms with Crippen molar-refractivity contribution in [3.63, 3.8) is 0 Å². The molecule has 2 aliphatic carbocycles. The van der Waals surface area contributed by atoms with Gasteiger partial charge in [-0.15, -0.1) is 0 Å². The number of nitrogens with zero attached hydrogens (tertiary/aromatic N) is 2. The molecule has 13 heteroatoms. The lowest BCUT2D eigenvalue weighted by Crippen LogP contribution is -2.45. The summed E-state index contributed by atoms with van der Waals surface area (Å²) in [5, 5.41) is 3.34. The minimum Gasteiger partial charge on any atom is -0.492 e. The van der Waals surface area contributed by atoms with Gasteiger partial charge < -0.3 is 15.0 Å². The maximum Gasteiger partial charge on any atom is 0.394 e. The molecule has 0 amide bonds. The molecule has 1 heterocycles. The van der Waals surface area contributed by atoms with Crippen molar-refractivity contribution in [2.45, 2.75) is 68.1 Å². The van der Waals surface area contributed by atoms with E-state index in [-0.39, 0.29) is 54.5 Å². The number of benzene rings is 1. The molecule has 2 aromatic rings. The van der Waals surface area contributed by atoms with Crippen molar-refractivity contribution < 1.29 is 30.7 Å². The lowest BCUT2D eigenvalue weighted by atomic mass is 9.89. The average molecular weight is 579 g/mol. The van der Waals surface area contributed by atoms with E-state index in [1.54, 1.807) is 0 Å². The minimum absolute atomic E-state index is 0.0458. The van der Waals surface area contributed by atoms with Gasteiger partial charge in [-0.05, 0) is 70.5 Å². The fourth-order valence-electron chi connectivity index (χ4n) is 4.85. The first-order valence-electron chi connectivity index (χ1n) is 12.4. The number of ether oxygens (including phenoxy) is 1. The van der Waals surface area contributed by atoms with Gasteiger partial charge in [0, 0.05) is 12.1 Å². The lowest BCUT2D eigenvalue weighted by molar-refractivity contribution is -0.190. The summed E-state index contributed by atoms with van der Waals surface area (Å²) in [7, 11) is -0.403. The van der Waals surface area contributed by atoms with Crippen LogP contribution in [0.3, 0.4) is 0 Å². The van der Waals surface area contributed by atoms with Crippen molar-refractivity contribution >= 4 is 33.1 Å². The largest absolute Gasteiger partial charge is 0.492 e. The second-order valence-corrected chi connectivity index (χ2v) is 12.2. The molecule has 1 aromatic carbocycles. The number of rotatable bonds is 10. The van der Waals surface area contributed by atoms with Crippen molar-refractivity contribution in [1.82, 2.24) is 9.88 Å². The van der Waals surface area contributed by atoms with Gasteiger partial charge in [-0.2, -0.15) is 13.2 Å². The number of sulfonamides is 1. The molecule has 0 spiro atoms. The fraction of sp³-hybridized carbons (Fsp3) is 0.560. The lowest BCUT2D eigenvalue weighted by Gasteiger charge is -2.37. The third kappa shape index (κ3) is 6.45. The molecule has 2 aliphatic rings. The summed E-state index contributed by atoms with van der Waals surface area (Å²) >= 11 is 6.35. The summed E-state index contributed by atoms with van der Waals surface area (Å²) in [4.78, 5) is 5.41. The van der Waals surface area contributed by atoms with Crippen molar-refractivity contribution in [3.05, 3.63) is 41.3 Å². The first-order chi connectivity index (χ1) is 17.8. The van der Waals surface area contributed by atoms with Gasteiger partial charge in [-0.1, -0.05) is 24.4 Å². The zero-order chi connectivity index (χ0) is 27.7. The van der Waals surface area contributed by atoms with Crippen LogP contribution in [0.15, 0.2) is 35.4 Å². The highest BCUT2D eigenvalue weighted by Crippen LogP contribution is 2.59. The van der Waals surface area contributed by atoms with Crippen LogP contribution < -0.4 is 14.8 Å². The van der Waals surface area contributed by atoms with Crippen LogP contribution in [0.1, 0.15) is 44.9 Å². The molecule has 2 atom stereocenters. The van der Waals surface area contributed by atoms with Crippen LogP contribution >= 0.6 is 11.6 Å². The Morgan fingerprint density at radius 3 is 2.50 bits per heavy atom. The SMILES string of the molecule is CN(C)[C@H]1CCCC[C@@H]1Nc1cc(F)c(S(=O)(=O)Nc2ccc(OCCC3(C(F)(F)F)CC3)cn2)cc1Cl. The van der Waals surface area contributed by atoms with Crippen molar-refractivity contribution in [1.29, 1.82) is 0 Å². The quantitative estimate of drug-likeness (QED) is 0.333. The molecule has 7 nitrogen and oxygen atoms in total. The van der Waals surface area contributed by atoms with E-state index in [1.165, 1.54) is 18.3 Å². The predicted molar refractivity (Wildman–Crippen MR) is 138 cm³/mol. The molecule has 0 aliphatic heterocycles. The highest BCUT2D eigenvalue weighted by atomic mass is 35.5. The van der Waals surface area contributed by atoms with E-state index >= 15 is 0 Å². The Kier molecular flexibility index (Phi) is 8.34. The van der Waals surface area contributed by atoms with Gasteiger partial charge in [0.05, 0.1) is 28.9 Å². The molecular formula is C25H31ClF4N4O3S. The number of likely N-dealkylation sites (N-methyl/N-ethyl adjacent to an activating group) is 1. The second-order valence-electron chi connectivity index (χ2n) is 10.2. The Morgan fingerprint density at radius 2 is 1.89 bits per heavy atom. The van der Waals surface area contributed by atoms with Crippen LogP contribution in [0, 0.1) is 11.2 Å². The molecule has 0 saturated heterocycles. The molecule has 2 fully saturated rings. The number of nitrogens with one attached hydrogen (secondary N) is 2. The number of anilines is 2. The van der Waals surface area contributed by atoms with Crippen LogP contribution in [0.2, 0.25) is 5.02 Å². The molecule has 38 heavy (non-hydrogen) atoms. The van der Waals surface area contributed by atoms with Crippen LogP contribution in [-0.4, -0.2) is 57.3 Å². The number of pyridine rings is 1. The molecule has 4 rings (SSSR count). The van der Waals surface area contributed by atoms with Gasteiger partial charge in [0.2, 0.25) is 0 Å². The molecular weight excluding hydrogens is 548 g/mol. The number of aromatic nitrogens is 1. The zero-order valence-corrected chi connectivity index (χ0v) is 22.7. The Labute approximate surface area is 225 Å². The summed E-state index contributed by atoms with van der Waals surface area (Å²) in [6.45, 7) is -0.146. The highest BCUT2D eigenvalue weighted by molar-refractivity contribution is 7.92. The number of hydrogen-bond acceptors (Lipinski definition) is 6.